The van der Waals surface area contributed by atoms with Crippen LogP contribution in [0, 0.1) is 11.8 Å². The minimum Gasteiger partial charge on any atom is -0.207 e. The third-order valence-corrected chi connectivity index (χ3v) is 6.67. The van der Waals surface area contributed by atoms with E-state index in [-0.39, 0.29) is 0 Å². The van der Waals surface area contributed by atoms with Crippen molar-refractivity contribution in [3.63, 3.8) is 0 Å². The molecule has 0 aliphatic carbocycles. The van der Waals surface area contributed by atoms with Gasteiger partial charge in [-0.3, -0.25) is 0 Å². The molecule has 21 heavy (non-hydrogen) atoms. The Hall–Kier alpha value is -0.580. The summed E-state index contributed by atoms with van der Waals surface area (Å²) in [6.45, 7) is 7.56. The van der Waals surface area contributed by atoms with Crippen molar-refractivity contribution in [3.8, 4) is 0 Å². The molecule has 3 nitrogen and oxygen atoms in total. The molecular weight excluding hydrogens is 306 g/mol. The van der Waals surface area contributed by atoms with Crippen molar-refractivity contribution in [2.24, 2.45) is 11.8 Å². The van der Waals surface area contributed by atoms with E-state index in [0.717, 1.165) is 17.5 Å². The highest BCUT2D eigenvalue weighted by molar-refractivity contribution is 7.89. The lowest BCUT2D eigenvalue weighted by Gasteiger charge is -2.20. The summed E-state index contributed by atoms with van der Waals surface area (Å²) in [5, 5.41) is 0. The zero-order chi connectivity index (χ0) is 15.6. The molecule has 1 saturated heterocycles. The van der Waals surface area contributed by atoms with Gasteiger partial charge in [-0.05, 0) is 41.9 Å². The van der Waals surface area contributed by atoms with Crippen LogP contribution in [0.4, 0.5) is 0 Å². The molecule has 0 radical (unpaired) electrons. The van der Waals surface area contributed by atoms with E-state index < -0.39 is 10.0 Å². The van der Waals surface area contributed by atoms with Crippen LogP contribution in [0.15, 0.2) is 23.1 Å². The van der Waals surface area contributed by atoms with Crippen molar-refractivity contribution in [3.05, 3.63) is 29.3 Å². The fraction of sp³-hybridized carbons (Fsp3) is 0.625. The van der Waals surface area contributed by atoms with E-state index in [2.05, 4.69) is 13.8 Å². The van der Waals surface area contributed by atoms with Gasteiger partial charge in [-0.2, -0.15) is 4.31 Å². The third kappa shape index (κ3) is 3.43. The molecule has 0 amide bonds. The van der Waals surface area contributed by atoms with E-state index in [0.29, 0.717) is 42.1 Å². The number of hydrogen-bond acceptors (Lipinski definition) is 2. The summed E-state index contributed by atoms with van der Waals surface area (Å²) < 4.78 is 27.5. The van der Waals surface area contributed by atoms with E-state index in [1.54, 1.807) is 10.4 Å². The molecule has 0 N–H and O–H groups in total. The van der Waals surface area contributed by atoms with Gasteiger partial charge >= 0.3 is 0 Å². The Morgan fingerprint density at radius 1 is 1.38 bits per heavy atom. The minimum atomic E-state index is -3.41. The van der Waals surface area contributed by atoms with Crippen molar-refractivity contribution in [1.82, 2.24) is 4.31 Å². The fourth-order valence-electron chi connectivity index (χ4n) is 2.87. The van der Waals surface area contributed by atoms with Crippen LogP contribution in [0.2, 0.25) is 0 Å². The number of aryl methyl sites for hydroxylation is 1. The van der Waals surface area contributed by atoms with Gasteiger partial charge in [0.1, 0.15) is 0 Å². The summed E-state index contributed by atoms with van der Waals surface area (Å²) >= 11 is 5.86. The Morgan fingerprint density at radius 2 is 2.10 bits per heavy atom. The molecule has 1 fully saturated rings. The van der Waals surface area contributed by atoms with Gasteiger partial charge in [-0.25, -0.2) is 8.42 Å². The molecule has 1 aliphatic heterocycles. The third-order valence-electron chi connectivity index (χ3n) is 4.41. The normalized spacial score (nSPS) is 20.3. The molecule has 0 aromatic heterocycles. The van der Waals surface area contributed by atoms with E-state index in [1.165, 1.54) is 0 Å². The number of hydrogen-bond donors (Lipinski definition) is 0. The molecule has 1 aromatic rings. The van der Waals surface area contributed by atoms with Gasteiger partial charge in [0, 0.05) is 19.0 Å². The Bertz CT molecular complexity index is 598. The van der Waals surface area contributed by atoms with Gasteiger partial charge in [0.25, 0.3) is 0 Å². The molecule has 1 heterocycles. The van der Waals surface area contributed by atoms with Gasteiger partial charge in [0.15, 0.2) is 0 Å². The maximum atomic E-state index is 12.9. The molecular formula is C16H24ClNO2S. The number of alkyl halides is 1. The summed E-state index contributed by atoms with van der Waals surface area (Å²) in [6.07, 6.45) is 1.66. The summed E-state index contributed by atoms with van der Waals surface area (Å²) in [6, 6.07) is 5.54. The lowest BCUT2D eigenvalue weighted by Crippen LogP contribution is -2.30. The maximum Gasteiger partial charge on any atom is 0.243 e. The number of halogens is 1. The van der Waals surface area contributed by atoms with E-state index in [4.69, 9.17) is 11.6 Å². The molecule has 1 aliphatic rings. The topological polar surface area (TPSA) is 37.4 Å². The maximum absolute atomic E-state index is 12.9. The zero-order valence-electron chi connectivity index (χ0n) is 13.0. The van der Waals surface area contributed by atoms with Crippen LogP contribution in [-0.2, 0) is 22.3 Å². The van der Waals surface area contributed by atoms with Crippen LogP contribution >= 0.6 is 11.6 Å². The first kappa shape index (κ1) is 16.8. The van der Waals surface area contributed by atoms with Crippen molar-refractivity contribution in [1.29, 1.82) is 0 Å². The first-order chi connectivity index (χ1) is 9.90. The van der Waals surface area contributed by atoms with Crippen molar-refractivity contribution >= 4 is 21.6 Å². The van der Waals surface area contributed by atoms with E-state index in [1.807, 2.05) is 19.1 Å². The SMILES string of the molecule is CCc1ccc(CCl)cc1S(=O)(=O)N1CCC(C(C)C)C1. The molecule has 0 saturated carbocycles. The second kappa shape index (κ2) is 6.67. The number of sulfonamides is 1. The molecule has 1 atom stereocenters. The van der Waals surface area contributed by atoms with Gasteiger partial charge in [0.05, 0.1) is 4.90 Å². The standard InChI is InChI=1S/C16H24ClNO2S/c1-4-14-6-5-13(10-17)9-16(14)21(19,20)18-8-7-15(11-18)12(2)3/h5-6,9,12,15H,4,7-8,10-11H2,1-3H3. The van der Waals surface area contributed by atoms with Crippen LogP contribution in [-0.4, -0.2) is 25.8 Å². The molecule has 5 heteroatoms. The lowest BCUT2D eigenvalue weighted by molar-refractivity contribution is 0.388. The number of nitrogens with zero attached hydrogens (tertiary/aromatic N) is 1. The van der Waals surface area contributed by atoms with Crippen LogP contribution in [0.1, 0.15) is 38.3 Å². The predicted molar refractivity (Wildman–Crippen MR) is 87.1 cm³/mol. The van der Waals surface area contributed by atoms with Crippen LogP contribution in [0.5, 0.6) is 0 Å². The molecule has 118 valence electrons. The first-order valence-electron chi connectivity index (χ1n) is 7.58. The number of benzene rings is 1. The average molecular weight is 330 g/mol. The lowest BCUT2D eigenvalue weighted by atomic mass is 9.96. The van der Waals surface area contributed by atoms with E-state index >= 15 is 0 Å². The quantitative estimate of drug-likeness (QED) is 0.773. The Kier molecular flexibility index (Phi) is 5.33. The van der Waals surface area contributed by atoms with Crippen molar-refractivity contribution in [2.75, 3.05) is 13.1 Å². The van der Waals surface area contributed by atoms with Gasteiger partial charge in [-0.15, -0.1) is 11.6 Å². The fourth-order valence-corrected chi connectivity index (χ4v) is 4.89. The second-order valence-electron chi connectivity index (χ2n) is 6.09. The van der Waals surface area contributed by atoms with Crippen LogP contribution < -0.4 is 0 Å². The first-order valence-corrected chi connectivity index (χ1v) is 9.55. The highest BCUT2D eigenvalue weighted by atomic mass is 35.5. The minimum absolute atomic E-state index is 0.334. The smallest absolute Gasteiger partial charge is 0.207 e. The molecule has 0 spiro atoms. The zero-order valence-corrected chi connectivity index (χ0v) is 14.5. The predicted octanol–water partition coefficient (Wildman–Crippen LogP) is 3.65. The highest BCUT2D eigenvalue weighted by Crippen LogP contribution is 2.30. The Morgan fingerprint density at radius 3 is 2.62 bits per heavy atom. The van der Waals surface area contributed by atoms with Crippen molar-refractivity contribution < 1.29 is 8.42 Å². The average Bonchev–Trinajstić information content (AvgIpc) is 2.97. The summed E-state index contributed by atoms with van der Waals surface area (Å²) in [7, 11) is -3.41. The molecule has 1 unspecified atom stereocenters. The summed E-state index contributed by atoms with van der Waals surface area (Å²) in [5.74, 6) is 1.31. The summed E-state index contributed by atoms with van der Waals surface area (Å²) in [4.78, 5) is 0.438. The molecule has 2 rings (SSSR count). The Balaban J connectivity index is 2.36. The van der Waals surface area contributed by atoms with Crippen molar-refractivity contribution in [2.45, 2.75) is 44.4 Å². The van der Waals surface area contributed by atoms with Crippen LogP contribution in [0.3, 0.4) is 0 Å². The van der Waals surface area contributed by atoms with Gasteiger partial charge < -0.3 is 0 Å². The molecule has 1 aromatic carbocycles. The second-order valence-corrected chi connectivity index (χ2v) is 8.26. The van der Waals surface area contributed by atoms with Gasteiger partial charge in [-0.1, -0.05) is 32.9 Å². The molecule has 0 bridgehead atoms. The van der Waals surface area contributed by atoms with E-state index in [9.17, 15) is 8.42 Å². The Labute approximate surface area is 133 Å². The largest absolute Gasteiger partial charge is 0.243 e. The monoisotopic (exact) mass is 329 g/mol. The number of rotatable bonds is 5. The highest BCUT2D eigenvalue weighted by Gasteiger charge is 2.34. The van der Waals surface area contributed by atoms with Gasteiger partial charge in [0.2, 0.25) is 10.0 Å². The van der Waals surface area contributed by atoms with Crippen LogP contribution in [0.25, 0.3) is 0 Å². The summed E-state index contributed by atoms with van der Waals surface area (Å²) in [5.41, 5.74) is 1.73.